The molecule has 0 aliphatic heterocycles. The molecule has 6 heteroatoms. The Morgan fingerprint density at radius 2 is 2.29 bits per heavy atom. The van der Waals surface area contributed by atoms with Gasteiger partial charge < -0.3 is 5.11 Å². The van der Waals surface area contributed by atoms with E-state index in [-0.39, 0.29) is 12.0 Å². The van der Waals surface area contributed by atoms with Crippen LogP contribution in [0.3, 0.4) is 0 Å². The maximum atomic E-state index is 12.2. The van der Waals surface area contributed by atoms with Crippen molar-refractivity contribution in [2.24, 2.45) is 0 Å². The Hall–Kier alpha value is -2.03. The highest BCUT2D eigenvalue weighted by Crippen LogP contribution is 2.30. The molecule has 0 atom stereocenters. The minimum absolute atomic E-state index is 0.228. The summed E-state index contributed by atoms with van der Waals surface area (Å²) in [5.74, 6) is -0.881. The Balaban J connectivity index is 3.43. The molecule has 0 saturated carbocycles. The Morgan fingerprint density at radius 1 is 1.64 bits per heavy atom. The van der Waals surface area contributed by atoms with Crippen molar-refractivity contribution in [2.45, 2.75) is 6.43 Å². The molecule has 0 amide bonds. The van der Waals surface area contributed by atoms with Crippen LogP contribution in [0.15, 0.2) is 6.07 Å². The summed E-state index contributed by atoms with van der Waals surface area (Å²) in [6.45, 7) is 0. The molecule has 0 unspecified atom stereocenters. The van der Waals surface area contributed by atoms with Gasteiger partial charge in [-0.05, 0) is 6.07 Å². The number of pyridine rings is 1. The molecule has 72 valence electrons. The average Bonchev–Trinajstić information content (AvgIpc) is 2.17. The number of aromatic hydroxyl groups is 1. The predicted octanol–water partition coefficient (Wildman–Crippen LogP) is 1.41. The second kappa shape index (κ2) is 3.79. The van der Waals surface area contributed by atoms with Gasteiger partial charge in [0.05, 0.1) is 5.56 Å². The van der Waals surface area contributed by atoms with E-state index in [4.69, 9.17) is 10.4 Å². The van der Waals surface area contributed by atoms with Crippen molar-refractivity contribution in [3.05, 3.63) is 23.0 Å². The van der Waals surface area contributed by atoms with E-state index in [0.29, 0.717) is 0 Å². The van der Waals surface area contributed by atoms with Crippen LogP contribution < -0.4 is 0 Å². The molecule has 1 rings (SSSR count). The monoisotopic (exact) mass is 198 g/mol. The molecule has 1 heterocycles. The summed E-state index contributed by atoms with van der Waals surface area (Å²) in [5, 5.41) is 17.5. The van der Waals surface area contributed by atoms with Crippen LogP contribution in [0.2, 0.25) is 0 Å². The lowest BCUT2D eigenvalue weighted by Gasteiger charge is -2.04. The van der Waals surface area contributed by atoms with Gasteiger partial charge in [-0.1, -0.05) is 0 Å². The summed E-state index contributed by atoms with van der Waals surface area (Å²) in [5.41, 5.74) is -1.65. The molecule has 0 spiro atoms. The van der Waals surface area contributed by atoms with Gasteiger partial charge in [-0.3, -0.25) is 4.79 Å². The summed E-state index contributed by atoms with van der Waals surface area (Å²) in [6, 6.07) is 2.16. The van der Waals surface area contributed by atoms with E-state index in [2.05, 4.69) is 4.98 Å². The van der Waals surface area contributed by atoms with E-state index in [1.54, 1.807) is 0 Å². The zero-order valence-corrected chi connectivity index (χ0v) is 6.74. The van der Waals surface area contributed by atoms with Crippen molar-refractivity contribution in [1.29, 1.82) is 5.26 Å². The van der Waals surface area contributed by atoms with Gasteiger partial charge in [-0.25, -0.2) is 13.8 Å². The van der Waals surface area contributed by atoms with E-state index >= 15 is 0 Å². The molecule has 0 bridgehead atoms. The van der Waals surface area contributed by atoms with Gasteiger partial charge >= 0.3 is 0 Å². The van der Waals surface area contributed by atoms with E-state index in [0.717, 1.165) is 6.07 Å². The number of hydrogen-bond donors (Lipinski definition) is 1. The van der Waals surface area contributed by atoms with Gasteiger partial charge in [0.1, 0.15) is 11.8 Å². The van der Waals surface area contributed by atoms with Crippen molar-refractivity contribution >= 4 is 6.29 Å². The molecule has 14 heavy (non-hydrogen) atoms. The molecule has 0 radical (unpaired) electrons. The Kier molecular flexibility index (Phi) is 2.72. The Labute approximate surface area is 77.4 Å². The van der Waals surface area contributed by atoms with Gasteiger partial charge in [0.25, 0.3) is 6.43 Å². The smallest absolute Gasteiger partial charge is 0.267 e. The van der Waals surface area contributed by atoms with Crippen LogP contribution in [-0.4, -0.2) is 16.4 Å². The van der Waals surface area contributed by atoms with E-state index in [1.165, 1.54) is 6.07 Å². The van der Waals surface area contributed by atoms with Crippen LogP contribution in [0.25, 0.3) is 0 Å². The fraction of sp³-hybridized carbons (Fsp3) is 0.125. The molecular weight excluding hydrogens is 194 g/mol. The summed E-state index contributed by atoms with van der Waals surface area (Å²) >= 11 is 0. The zero-order valence-electron chi connectivity index (χ0n) is 6.74. The molecule has 4 nitrogen and oxygen atoms in total. The fourth-order valence-corrected chi connectivity index (χ4v) is 0.883. The normalized spacial score (nSPS) is 9.86. The lowest BCUT2D eigenvalue weighted by molar-refractivity contribution is 0.111. The minimum atomic E-state index is -2.95. The van der Waals surface area contributed by atoms with Crippen LogP contribution in [0.4, 0.5) is 8.78 Å². The molecule has 0 aliphatic rings. The van der Waals surface area contributed by atoms with Crippen molar-refractivity contribution in [3.8, 4) is 11.8 Å². The van der Waals surface area contributed by atoms with Crippen molar-refractivity contribution in [1.82, 2.24) is 4.98 Å². The number of nitriles is 1. The summed E-state index contributed by atoms with van der Waals surface area (Å²) in [6.07, 6.45) is -2.73. The van der Waals surface area contributed by atoms with Gasteiger partial charge in [0.15, 0.2) is 17.7 Å². The highest BCUT2D eigenvalue weighted by Gasteiger charge is 2.18. The van der Waals surface area contributed by atoms with Crippen molar-refractivity contribution in [3.63, 3.8) is 0 Å². The second-order valence-corrected chi connectivity index (χ2v) is 2.36. The van der Waals surface area contributed by atoms with Gasteiger partial charge in [-0.2, -0.15) is 5.26 Å². The predicted molar refractivity (Wildman–Crippen MR) is 41.0 cm³/mol. The van der Waals surface area contributed by atoms with Crippen LogP contribution >= 0.6 is 0 Å². The number of rotatable bonds is 2. The maximum Gasteiger partial charge on any atom is 0.267 e. The Bertz CT molecular complexity index is 413. The van der Waals surface area contributed by atoms with Crippen molar-refractivity contribution < 1.29 is 18.7 Å². The summed E-state index contributed by atoms with van der Waals surface area (Å²) in [4.78, 5) is 13.6. The number of halogens is 2. The summed E-state index contributed by atoms with van der Waals surface area (Å²) < 4.78 is 24.5. The third kappa shape index (κ3) is 1.66. The molecule has 0 aromatic carbocycles. The first kappa shape index (κ1) is 10.1. The van der Waals surface area contributed by atoms with Gasteiger partial charge in [0, 0.05) is 0 Å². The minimum Gasteiger partial charge on any atom is -0.505 e. The number of alkyl halides is 2. The SMILES string of the molecule is N#Cc1nc(C=O)cc(C(F)F)c1O. The number of nitrogens with zero attached hydrogens (tertiary/aromatic N) is 2. The maximum absolute atomic E-state index is 12.2. The molecular formula is C8H4F2N2O2. The number of carbonyl (C=O) groups excluding carboxylic acids is 1. The van der Waals surface area contributed by atoms with Crippen LogP contribution in [0.5, 0.6) is 5.75 Å². The average molecular weight is 198 g/mol. The first-order valence-electron chi connectivity index (χ1n) is 3.47. The fourth-order valence-electron chi connectivity index (χ4n) is 0.883. The van der Waals surface area contributed by atoms with E-state index in [1.807, 2.05) is 0 Å². The summed E-state index contributed by atoms with van der Waals surface area (Å²) in [7, 11) is 0. The molecule has 1 aromatic rings. The van der Waals surface area contributed by atoms with Crippen LogP contribution in [0, 0.1) is 11.3 Å². The highest BCUT2D eigenvalue weighted by molar-refractivity contribution is 5.73. The zero-order chi connectivity index (χ0) is 10.7. The first-order valence-corrected chi connectivity index (χ1v) is 3.47. The third-order valence-corrected chi connectivity index (χ3v) is 1.50. The van der Waals surface area contributed by atoms with E-state index in [9.17, 15) is 13.6 Å². The topological polar surface area (TPSA) is 74.0 Å². The number of aldehydes is 1. The largest absolute Gasteiger partial charge is 0.505 e. The van der Waals surface area contributed by atoms with Gasteiger partial charge in [0.2, 0.25) is 0 Å². The first-order chi connectivity index (χ1) is 6.60. The van der Waals surface area contributed by atoms with Crippen LogP contribution in [-0.2, 0) is 0 Å². The molecule has 0 aliphatic carbocycles. The van der Waals surface area contributed by atoms with Crippen LogP contribution in [0.1, 0.15) is 28.2 Å². The molecule has 0 saturated heterocycles. The van der Waals surface area contributed by atoms with Gasteiger partial charge in [-0.15, -0.1) is 0 Å². The standard InChI is InChI=1S/C8H4F2N2O2/c9-8(10)5-1-4(3-13)12-6(2-11)7(5)14/h1,3,8,14H. The Morgan fingerprint density at radius 3 is 2.71 bits per heavy atom. The number of aromatic nitrogens is 1. The highest BCUT2D eigenvalue weighted by atomic mass is 19.3. The number of hydrogen-bond acceptors (Lipinski definition) is 4. The van der Waals surface area contributed by atoms with Crippen molar-refractivity contribution in [2.75, 3.05) is 0 Å². The molecule has 1 aromatic heterocycles. The second-order valence-electron chi connectivity index (χ2n) is 2.36. The lowest BCUT2D eigenvalue weighted by atomic mass is 10.2. The quantitative estimate of drug-likeness (QED) is 0.729. The third-order valence-electron chi connectivity index (χ3n) is 1.50. The number of carbonyl (C=O) groups is 1. The molecule has 0 fully saturated rings. The molecule has 1 N–H and O–H groups in total. The van der Waals surface area contributed by atoms with E-state index < -0.39 is 23.4 Å². The lowest BCUT2D eigenvalue weighted by Crippen LogP contribution is -1.97.